The van der Waals surface area contributed by atoms with Gasteiger partial charge in [-0.1, -0.05) is 18.2 Å². The van der Waals surface area contributed by atoms with Gasteiger partial charge >= 0.3 is 5.97 Å². The highest BCUT2D eigenvalue weighted by molar-refractivity contribution is 7.20. The summed E-state index contributed by atoms with van der Waals surface area (Å²) in [4.78, 5) is 45.5. The number of benzene rings is 1. The van der Waals surface area contributed by atoms with Crippen LogP contribution < -0.4 is 15.1 Å². The first-order chi connectivity index (χ1) is 18.0. The number of carbonyl (C=O) groups is 2. The molecule has 4 aromatic rings. The van der Waals surface area contributed by atoms with Crippen molar-refractivity contribution >= 4 is 50.8 Å². The predicted octanol–water partition coefficient (Wildman–Crippen LogP) is 4.46. The van der Waals surface area contributed by atoms with E-state index >= 15 is 0 Å². The summed E-state index contributed by atoms with van der Waals surface area (Å²) in [6.07, 6.45) is 1.81. The summed E-state index contributed by atoms with van der Waals surface area (Å²) >= 11 is 1.34. The van der Waals surface area contributed by atoms with E-state index in [0.29, 0.717) is 22.0 Å². The third-order valence-corrected chi connectivity index (χ3v) is 7.50. The first-order valence-corrected chi connectivity index (χ1v) is 13.0. The maximum atomic E-state index is 13.4. The Labute approximate surface area is 219 Å². The van der Waals surface area contributed by atoms with Gasteiger partial charge in [0, 0.05) is 32.4 Å². The van der Waals surface area contributed by atoms with Crippen molar-refractivity contribution in [3.63, 3.8) is 0 Å². The number of hydrogen-bond donors (Lipinski definition) is 1. The number of nitrogens with zero attached hydrogens (tertiary/aromatic N) is 5. The van der Waals surface area contributed by atoms with Crippen LogP contribution in [0.5, 0.6) is 0 Å². The first kappa shape index (κ1) is 24.6. The third-order valence-electron chi connectivity index (χ3n) is 6.31. The second-order valence-electron chi connectivity index (χ2n) is 8.71. The molecule has 1 aromatic carbocycles. The van der Waals surface area contributed by atoms with Crippen molar-refractivity contribution in [1.29, 1.82) is 0 Å². The van der Waals surface area contributed by atoms with E-state index in [9.17, 15) is 9.59 Å². The number of carbonyl (C=O) groups excluding carboxylic acids is 2. The molecule has 1 fully saturated rings. The number of ether oxygens (including phenoxy) is 1. The fourth-order valence-corrected chi connectivity index (χ4v) is 5.63. The number of thiophene rings is 1. The highest BCUT2D eigenvalue weighted by atomic mass is 32.1. The summed E-state index contributed by atoms with van der Waals surface area (Å²) in [5, 5.41) is 3.79. The fraction of sp³-hybridized carbons (Fsp3) is 0.296. The smallest absolute Gasteiger partial charge is 0.340 e. The first-order valence-electron chi connectivity index (χ1n) is 12.2. The number of aryl methyl sites for hydroxylation is 2. The molecule has 10 heteroatoms. The highest BCUT2D eigenvalue weighted by Crippen LogP contribution is 2.36. The van der Waals surface area contributed by atoms with E-state index in [1.54, 1.807) is 31.2 Å². The Hall–Kier alpha value is -4.05. The fourth-order valence-electron chi connectivity index (χ4n) is 4.51. The molecule has 3 aromatic heterocycles. The Morgan fingerprint density at radius 1 is 1.00 bits per heavy atom. The monoisotopic (exact) mass is 516 g/mol. The van der Waals surface area contributed by atoms with E-state index in [1.165, 1.54) is 11.3 Å². The number of para-hydroxylation sites is 1. The maximum absolute atomic E-state index is 13.4. The van der Waals surface area contributed by atoms with E-state index in [-0.39, 0.29) is 12.5 Å². The SMILES string of the molecule is CCOC(=O)c1ccccc1NC(=O)c1sc2nc(C)nc(N3CCN(c4ccccn4)CC3)c2c1C. The molecule has 4 heterocycles. The number of rotatable bonds is 6. The third kappa shape index (κ3) is 4.97. The number of pyridine rings is 1. The number of aromatic nitrogens is 3. The minimum Gasteiger partial charge on any atom is -0.462 e. The normalized spacial score (nSPS) is 13.6. The van der Waals surface area contributed by atoms with Gasteiger partial charge in [0.25, 0.3) is 5.91 Å². The topological polar surface area (TPSA) is 101 Å². The molecule has 1 N–H and O–H groups in total. The average molecular weight is 517 g/mol. The van der Waals surface area contributed by atoms with Crippen molar-refractivity contribution in [2.24, 2.45) is 0 Å². The van der Waals surface area contributed by atoms with Crippen LogP contribution in [0.25, 0.3) is 10.2 Å². The number of anilines is 3. The van der Waals surface area contributed by atoms with Crippen LogP contribution in [-0.2, 0) is 4.74 Å². The lowest BCUT2D eigenvalue weighted by molar-refractivity contribution is 0.0527. The molecule has 0 aliphatic carbocycles. The van der Waals surface area contributed by atoms with Crippen LogP contribution in [0.1, 0.15) is 38.3 Å². The van der Waals surface area contributed by atoms with Crippen molar-refractivity contribution in [3.8, 4) is 0 Å². The Bertz CT molecular complexity index is 1450. The van der Waals surface area contributed by atoms with Crippen molar-refractivity contribution in [2.75, 3.05) is 47.9 Å². The van der Waals surface area contributed by atoms with Crippen LogP contribution in [0.15, 0.2) is 48.7 Å². The molecular weight excluding hydrogens is 488 g/mol. The number of hydrogen-bond acceptors (Lipinski definition) is 9. The average Bonchev–Trinajstić information content (AvgIpc) is 3.25. The molecule has 0 unspecified atom stereocenters. The molecule has 1 amide bonds. The van der Waals surface area contributed by atoms with Crippen LogP contribution in [0.2, 0.25) is 0 Å². The zero-order chi connectivity index (χ0) is 25.9. The van der Waals surface area contributed by atoms with Crippen LogP contribution in [0.3, 0.4) is 0 Å². The van der Waals surface area contributed by atoms with E-state index in [4.69, 9.17) is 9.72 Å². The Balaban J connectivity index is 1.42. The minimum atomic E-state index is -0.472. The minimum absolute atomic E-state index is 0.257. The molecule has 190 valence electrons. The summed E-state index contributed by atoms with van der Waals surface area (Å²) in [7, 11) is 0. The van der Waals surface area contributed by atoms with Crippen LogP contribution >= 0.6 is 11.3 Å². The second-order valence-corrected chi connectivity index (χ2v) is 9.71. The number of piperazine rings is 1. The molecule has 0 bridgehead atoms. The predicted molar refractivity (Wildman–Crippen MR) is 146 cm³/mol. The number of amides is 1. The lowest BCUT2D eigenvalue weighted by atomic mass is 10.1. The number of nitrogens with one attached hydrogen (secondary N) is 1. The summed E-state index contributed by atoms with van der Waals surface area (Å²) in [5.74, 6) is 1.72. The van der Waals surface area contributed by atoms with Crippen LogP contribution in [0, 0.1) is 13.8 Å². The number of fused-ring (bicyclic) bond motifs is 1. The molecular formula is C27H28N6O3S. The molecule has 1 aliphatic rings. The molecule has 0 saturated carbocycles. The molecule has 37 heavy (non-hydrogen) atoms. The molecule has 0 atom stereocenters. The van der Waals surface area contributed by atoms with Gasteiger partial charge in [-0.3, -0.25) is 4.79 Å². The Kier molecular flexibility index (Phi) is 7.00. The molecule has 5 rings (SSSR count). The maximum Gasteiger partial charge on any atom is 0.340 e. The molecule has 9 nitrogen and oxygen atoms in total. The second kappa shape index (κ2) is 10.5. The zero-order valence-corrected chi connectivity index (χ0v) is 21.8. The lowest BCUT2D eigenvalue weighted by Gasteiger charge is -2.36. The van der Waals surface area contributed by atoms with Crippen LogP contribution in [-0.4, -0.2) is 59.6 Å². The van der Waals surface area contributed by atoms with Gasteiger partial charge in [0.05, 0.1) is 28.1 Å². The van der Waals surface area contributed by atoms with Gasteiger partial charge in [-0.2, -0.15) is 0 Å². The van der Waals surface area contributed by atoms with Crippen molar-refractivity contribution in [1.82, 2.24) is 15.0 Å². The molecule has 1 saturated heterocycles. The van der Waals surface area contributed by atoms with Gasteiger partial charge in [0.1, 0.15) is 22.3 Å². The quantitative estimate of drug-likeness (QED) is 0.375. The van der Waals surface area contributed by atoms with E-state index in [1.807, 2.05) is 38.2 Å². The van der Waals surface area contributed by atoms with E-state index in [2.05, 4.69) is 25.1 Å². The summed E-state index contributed by atoms with van der Waals surface area (Å²) in [6, 6.07) is 12.8. The number of esters is 1. The van der Waals surface area contributed by atoms with E-state index in [0.717, 1.165) is 53.6 Å². The van der Waals surface area contributed by atoms with Gasteiger partial charge in [-0.05, 0) is 50.6 Å². The van der Waals surface area contributed by atoms with Crippen molar-refractivity contribution in [2.45, 2.75) is 20.8 Å². The van der Waals surface area contributed by atoms with Gasteiger partial charge in [0.15, 0.2) is 0 Å². The Morgan fingerprint density at radius 3 is 2.46 bits per heavy atom. The zero-order valence-electron chi connectivity index (χ0n) is 21.0. The molecule has 1 aliphatic heterocycles. The summed E-state index contributed by atoms with van der Waals surface area (Å²) in [6.45, 7) is 9.02. The lowest BCUT2D eigenvalue weighted by Crippen LogP contribution is -2.47. The van der Waals surface area contributed by atoms with Crippen molar-refractivity contribution in [3.05, 3.63) is 70.5 Å². The largest absolute Gasteiger partial charge is 0.462 e. The standard InChI is InChI=1S/C27H28N6O3S/c1-4-36-27(35)19-9-5-6-10-20(19)31-25(34)23-17(2)22-24(29-18(3)30-26(22)37-23)33-15-13-32(14-16-33)21-11-7-8-12-28-21/h5-12H,4,13-16H2,1-3H3,(H,31,34). The van der Waals surface area contributed by atoms with E-state index < -0.39 is 5.97 Å². The molecule has 0 spiro atoms. The molecule has 0 radical (unpaired) electrons. The highest BCUT2D eigenvalue weighted by Gasteiger charge is 2.26. The summed E-state index contributed by atoms with van der Waals surface area (Å²) < 4.78 is 5.14. The summed E-state index contributed by atoms with van der Waals surface area (Å²) in [5.41, 5.74) is 1.56. The van der Waals surface area contributed by atoms with Gasteiger partial charge in [-0.15, -0.1) is 11.3 Å². The van der Waals surface area contributed by atoms with Gasteiger partial charge in [-0.25, -0.2) is 19.7 Å². The van der Waals surface area contributed by atoms with Crippen LogP contribution in [0.4, 0.5) is 17.3 Å². The van der Waals surface area contributed by atoms with Crippen molar-refractivity contribution < 1.29 is 14.3 Å². The Morgan fingerprint density at radius 2 is 1.73 bits per heavy atom. The van der Waals surface area contributed by atoms with Gasteiger partial charge in [0.2, 0.25) is 0 Å². The van der Waals surface area contributed by atoms with Gasteiger partial charge < -0.3 is 19.9 Å².